The van der Waals surface area contributed by atoms with Gasteiger partial charge in [-0.05, 0) is 24.3 Å². The van der Waals surface area contributed by atoms with Crippen LogP contribution in [0.4, 0.5) is 11.5 Å². The molecule has 0 fully saturated rings. The lowest BCUT2D eigenvalue weighted by atomic mass is 10.2. The molecule has 146 valence electrons. The number of allylic oxidation sites excluding steroid dienone is 1. The highest BCUT2D eigenvalue weighted by Crippen LogP contribution is 2.24. The SMILES string of the molecule is CNN(Cc1ccc2ncsc2n1)c1nc(C(C=NCCO)=CN)ccc1N. The molecule has 3 aromatic rings. The van der Waals surface area contributed by atoms with Crippen molar-refractivity contribution in [2.45, 2.75) is 6.54 Å². The first-order valence-electron chi connectivity index (χ1n) is 8.59. The fourth-order valence-corrected chi connectivity index (χ4v) is 3.23. The molecule has 3 rings (SSSR count). The molecule has 0 aliphatic heterocycles. The molecule has 0 amide bonds. The molecule has 0 aliphatic rings. The summed E-state index contributed by atoms with van der Waals surface area (Å²) < 4.78 is 0. The van der Waals surface area contributed by atoms with Gasteiger partial charge in [-0.25, -0.2) is 20.4 Å². The number of thiazole rings is 1. The van der Waals surface area contributed by atoms with Gasteiger partial charge in [0, 0.05) is 25.0 Å². The lowest BCUT2D eigenvalue weighted by Crippen LogP contribution is -2.36. The Bertz CT molecular complexity index is 1000. The number of fused-ring (bicyclic) bond motifs is 1. The van der Waals surface area contributed by atoms with E-state index >= 15 is 0 Å². The molecule has 0 radical (unpaired) electrons. The first-order chi connectivity index (χ1) is 13.7. The number of aliphatic imine (C=N–C) groups is 1. The lowest BCUT2D eigenvalue weighted by Gasteiger charge is -2.24. The van der Waals surface area contributed by atoms with Crippen LogP contribution in [0.2, 0.25) is 0 Å². The van der Waals surface area contributed by atoms with Crippen molar-refractivity contribution in [1.82, 2.24) is 20.4 Å². The van der Waals surface area contributed by atoms with Gasteiger partial charge in [0.05, 0.1) is 47.8 Å². The third-order valence-corrected chi connectivity index (χ3v) is 4.67. The fraction of sp³-hybridized carbons (Fsp3) is 0.222. The van der Waals surface area contributed by atoms with E-state index in [4.69, 9.17) is 16.6 Å². The van der Waals surface area contributed by atoms with Crippen LogP contribution in [0, 0.1) is 0 Å². The van der Waals surface area contributed by atoms with E-state index in [1.807, 2.05) is 17.1 Å². The summed E-state index contributed by atoms with van der Waals surface area (Å²) in [6.07, 6.45) is 3.01. The summed E-state index contributed by atoms with van der Waals surface area (Å²) in [7, 11) is 1.79. The Balaban J connectivity index is 1.88. The first-order valence-corrected chi connectivity index (χ1v) is 9.47. The van der Waals surface area contributed by atoms with E-state index in [9.17, 15) is 0 Å². The summed E-state index contributed by atoms with van der Waals surface area (Å²) in [6.45, 7) is 0.734. The normalized spacial score (nSPS) is 12.1. The van der Waals surface area contributed by atoms with Crippen molar-refractivity contribution in [1.29, 1.82) is 0 Å². The molecule has 28 heavy (non-hydrogen) atoms. The minimum Gasteiger partial charge on any atom is -0.404 e. The molecule has 0 saturated heterocycles. The maximum absolute atomic E-state index is 8.88. The minimum absolute atomic E-state index is 0.0284. The van der Waals surface area contributed by atoms with Crippen molar-refractivity contribution in [3.63, 3.8) is 0 Å². The Morgan fingerprint density at radius 2 is 2.18 bits per heavy atom. The van der Waals surface area contributed by atoms with Gasteiger partial charge in [0.15, 0.2) is 5.82 Å². The average Bonchev–Trinajstić information content (AvgIpc) is 3.18. The summed E-state index contributed by atoms with van der Waals surface area (Å²) in [5.41, 5.74) is 20.3. The van der Waals surface area contributed by atoms with Gasteiger partial charge in [-0.2, -0.15) is 0 Å². The van der Waals surface area contributed by atoms with E-state index in [0.29, 0.717) is 35.9 Å². The number of nitrogens with zero attached hydrogens (tertiary/aromatic N) is 5. The van der Waals surface area contributed by atoms with Crippen molar-refractivity contribution < 1.29 is 5.11 Å². The molecule has 3 aromatic heterocycles. The molecule has 0 aliphatic carbocycles. The Labute approximate surface area is 166 Å². The smallest absolute Gasteiger partial charge is 0.167 e. The second kappa shape index (κ2) is 9.22. The zero-order valence-electron chi connectivity index (χ0n) is 15.4. The van der Waals surface area contributed by atoms with E-state index in [1.165, 1.54) is 17.5 Å². The quantitative estimate of drug-likeness (QED) is 0.328. The van der Waals surface area contributed by atoms with Crippen molar-refractivity contribution in [2.24, 2.45) is 10.7 Å². The minimum atomic E-state index is -0.0284. The zero-order chi connectivity index (χ0) is 19.9. The number of hydrogen-bond acceptors (Lipinski definition) is 10. The number of anilines is 2. The fourth-order valence-electron chi connectivity index (χ4n) is 2.55. The number of aliphatic hydroxyl groups excluding tert-OH is 1. The summed E-state index contributed by atoms with van der Waals surface area (Å²) in [5.74, 6) is 0.557. The first kappa shape index (κ1) is 19.7. The van der Waals surface area contributed by atoms with Crippen LogP contribution in [0.15, 0.2) is 41.0 Å². The van der Waals surface area contributed by atoms with Gasteiger partial charge in [-0.15, -0.1) is 11.3 Å². The maximum Gasteiger partial charge on any atom is 0.167 e. The van der Waals surface area contributed by atoms with E-state index < -0.39 is 0 Å². The zero-order valence-corrected chi connectivity index (χ0v) is 16.2. The molecule has 0 saturated carbocycles. The topological polar surface area (TPSA) is 139 Å². The van der Waals surface area contributed by atoms with E-state index in [2.05, 4.69) is 25.4 Å². The summed E-state index contributed by atoms with van der Waals surface area (Å²) >= 11 is 1.50. The number of hydrazine groups is 1. The number of nitrogen functional groups attached to an aromatic ring is 1. The van der Waals surface area contributed by atoms with Crippen molar-refractivity contribution in [3.05, 3.63) is 47.4 Å². The van der Waals surface area contributed by atoms with Gasteiger partial charge in [-0.3, -0.25) is 10.0 Å². The molecule has 10 heteroatoms. The van der Waals surface area contributed by atoms with Crippen LogP contribution in [0.3, 0.4) is 0 Å². The van der Waals surface area contributed by atoms with Crippen LogP contribution >= 0.6 is 11.3 Å². The largest absolute Gasteiger partial charge is 0.404 e. The van der Waals surface area contributed by atoms with Crippen LogP contribution < -0.4 is 21.9 Å². The Kier molecular flexibility index (Phi) is 6.48. The predicted octanol–water partition coefficient (Wildman–Crippen LogP) is 1.17. The average molecular weight is 398 g/mol. The highest BCUT2D eigenvalue weighted by Gasteiger charge is 2.14. The van der Waals surface area contributed by atoms with Crippen LogP contribution in [0.5, 0.6) is 0 Å². The molecule has 0 atom stereocenters. The number of nitrogens with one attached hydrogen (secondary N) is 1. The van der Waals surface area contributed by atoms with Gasteiger partial charge in [0.2, 0.25) is 0 Å². The van der Waals surface area contributed by atoms with E-state index in [-0.39, 0.29) is 6.61 Å². The Hall–Kier alpha value is -3.08. The summed E-state index contributed by atoms with van der Waals surface area (Å²) in [4.78, 5) is 18.5. The van der Waals surface area contributed by atoms with Crippen molar-refractivity contribution in [3.8, 4) is 0 Å². The predicted molar refractivity (Wildman–Crippen MR) is 114 cm³/mol. The highest BCUT2D eigenvalue weighted by molar-refractivity contribution is 7.16. The molecule has 0 bridgehead atoms. The maximum atomic E-state index is 8.88. The van der Waals surface area contributed by atoms with E-state index in [1.54, 1.807) is 30.9 Å². The molecule has 0 unspecified atom stereocenters. The number of aliphatic hydroxyl groups is 1. The van der Waals surface area contributed by atoms with Crippen LogP contribution in [0.1, 0.15) is 11.4 Å². The van der Waals surface area contributed by atoms with Crippen molar-refractivity contribution in [2.75, 3.05) is 30.9 Å². The molecule has 0 spiro atoms. The summed E-state index contributed by atoms with van der Waals surface area (Å²) in [6, 6.07) is 7.42. The second-order valence-electron chi connectivity index (χ2n) is 5.78. The molecule has 3 heterocycles. The standard InChI is InChI=1S/C18H22N8OS/c1-21-26(10-13-2-4-16-18(24-13)28-11-23-16)17-14(20)3-5-15(25-17)12(8-19)9-22-6-7-27/h2-5,8-9,11,21,27H,6-7,10,19-20H2,1H3. The van der Waals surface area contributed by atoms with E-state index in [0.717, 1.165) is 16.0 Å². The number of nitrogens with two attached hydrogens (primary N) is 2. The van der Waals surface area contributed by atoms with Gasteiger partial charge in [0.1, 0.15) is 4.83 Å². The molecular weight excluding hydrogens is 376 g/mol. The monoisotopic (exact) mass is 398 g/mol. The third-order valence-electron chi connectivity index (χ3n) is 3.94. The molecule has 0 aromatic carbocycles. The van der Waals surface area contributed by atoms with Gasteiger partial charge >= 0.3 is 0 Å². The number of hydrogen-bond donors (Lipinski definition) is 4. The van der Waals surface area contributed by atoms with Gasteiger partial charge in [0.25, 0.3) is 0 Å². The van der Waals surface area contributed by atoms with Gasteiger partial charge < -0.3 is 16.6 Å². The van der Waals surface area contributed by atoms with Gasteiger partial charge in [-0.1, -0.05) is 0 Å². The Morgan fingerprint density at radius 1 is 1.32 bits per heavy atom. The molecular formula is C18H22N8OS. The number of rotatable bonds is 8. The Morgan fingerprint density at radius 3 is 2.93 bits per heavy atom. The van der Waals surface area contributed by atoms with Crippen molar-refractivity contribution >= 4 is 45.0 Å². The molecule has 9 nitrogen and oxygen atoms in total. The lowest BCUT2D eigenvalue weighted by molar-refractivity contribution is 0.307. The summed E-state index contributed by atoms with van der Waals surface area (Å²) in [5, 5.41) is 10.7. The van der Waals surface area contributed by atoms with Crippen LogP contribution in [0.25, 0.3) is 15.9 Å². The number of aromatic nitrogens is 3. The van der Waals surface area contributed by atoms with Crippen LogP contribution in [-0.2, 0) is 6.54 Å². The molecule has 6 N–H and O–H groups in total. The number of pyridine rings is 2. The second-order valence-corrected chi connectivity index (χ2v) is 6.61. The third kappa shape index (κ3) is 4.42. The van der Waals surface area contributed by atoms with Crippen LogP contribution in [-0.4, -0.2) is 46.5 Å². The highest BCUT2D eigenvalue weighted by atomic mass is 32.1.